The highest BCUT2D eigenvalue weighted by molar-refractivity contribution is 7.99. The van der Waals surface area contributed by atoms with Crippen LogP contribution < -0.4 is 0 Å². The molecule has 0 atom stereocenters. The number of carboxylic acid groups (broad SMARTS) is 1. The van der Waals surface area contributed by atoms with Gasteiger partial charge in [0.2, 0.25) is 0 Å². The average molecular weight is 289 g/mol. The Labute approximate surface area is 118 Å². The fraction of sp³-hybridized carbons (Fsp3) is 0.167. The highest BCUT2D eigenvalue weighted by Gasteiger charge is 2.16. The zero-order chi connectivity index (χ0) is 14.1. The van der Waals surface area contributed by atoms with Gasteiger partial charge in [-0.05, 0) is 12.1 Å². The first-order chi connectivity index (χ1) is 9.65. The molecule has 7 nitrogen and oxygen atoms in total. The van der Waals surface area contributed by atoms with Gasteiger partial charge >= 0.3 is 5.97 Å². The van der Waals surface area contributed by atoms with Gasteiger partial charge in [-0.2, -0.15) is 5.10 Å². The average Bonchev–Trinajstić information content (AvgIpc) is 2.99. The van der Waals surface area contributed by atoms with Gasteiger partial charge in [-0.15, -0.1) is 0 Å². The Bertz CT molecular complexity index is 779. The van der Waals surface area contributed by atoms with Gasteiger partial charge in [0.1, 0.15) is 5.52 Å². The molecule has 0 radical (unpaired) electrons. The van der Waals surface area contributed by atoms with Crippen molar-refractivity contribution in [2.45, 2.75) is 5.16 Å². The van der Waals surface area contributed by atoms with Crippen LogP contribution in [0.5, 0.6) is 0 Å². The molecule has 0 saturated carbocycles. The van der Waals surface area contributed by atoms with Gasteiger partial charge in [0.15, 0.2) is 16.6 Å². The predicted octanol–water partition coefficient (Wildman–Crippen LogP) is 1.33. The van der Waals surface area contributed by atoms with Gasteiger partial charge in [-0.25, -0.2) is 9.97 Å². The maximum absolute atomic E-state index is 10.7. The summed E-state index contributed by atoms with van der Waals surface area (Å²) in [4.78, 5) is 19.5. The third-order valence-electron chi connectivity index (χ3n) is 2.64. The number of pyridine rings is 1. The minimum absolute atomic E-state index is 0.0594. The Kier molecular flexibility index (Phi) is 3.15. The molecule has 8 heteroatoms. The van der Waals surface area contributed by atoms with Crippen LogP contribution in [0.4, 0.5) is 0 Å². The van der Waals surface area contributed by atoms with Crippen molar-refractivity contribution in [3.8, 4) is 5.82 Å². The van der Waals surface area contributed by atoms with Gasteiger partial charge in [-0.1, -0.05) is 11.8 Å². The largest absolute Gasteiger partial charge is 0.481 e. The normalized spacial score (nSPS) is 11.1. The molecule has 0 amide bonds. The molecule has 0 aliphatic carbocycles. The highest BCUT2D eigenvalue weighted by atomic mass is 32.2. The van der Waals surface area contributed by atoms with Crippen molar-refractivity contribution in [1.82, 2.24) is 24.3 Å². The Morgan fingerprint density at radius 2 is 2.30 bits per heavy atom. The first-order valence-corrected chi connectivity index (χ1v) is 6.82. The summed E-state index contributed by atoms with van der Waals surface area (Å²) in [6.07, 6.45) is 3.49. The summed E-state index contributed by atoms with van der Waals surface area (Å²) in [6.45, 7) is 0. The molecule has 3 aromatic heterocycles. The number of hydrogen-bond acceptors (Lipinski definition) is 5. The third-order valence-corrected chi connectivity index (χ3v) is 3.56. The summed E-state index contributed by atoms with van der Waals surface area (Å²) in [5.74, 6) is -0.278. The number of nitrogens with zero attached hydrogens (tertiary/aromatic N) is 5. The number of imidazole rings is 1. The molecule has 3 heterocycles. The summed E-state index contributed by atoms with van der Waals surface area (Å²) >= 11 is 1.15. The molecule has 0 saturated heterocycles. The van der Waals surface area contributed by atoms with Crippen molar-refractivity contribution in [3.05, 3.63) is 30.6 Å². The van der Waals surface area contributed by atoms with Crippen LogP contribution in [0, 0.1) is 0 Å². The molecule has 3 rings (SSSR count). The lowest BCUT2D eigenvalue weighted by Gasteiger charge is -2.03. The smallest absolute Gasteiger partial charge is 0.313 e. The van der Waals surface area contributed by atoms with Crippen molar-refractivity contribution >= 4 is 28.9 Å². The molecule has 0 bridgehead atoms. The molecule has 20 heavy (non-hydrogen) atoms. The van der Waals surface area contributed by atoms with E-state index in [9.17, 15) is 4.79 Å². The Balaban J connectivity index is 2.15. The summed E-state index contributed by atoms with van der Waals surface area (Å²) in [5.41, 5.74) is 1.38. The van der Waals surface area contributed by atoms with E-state index in [1.54, 1.807) is 21.5 Å². The van der Waals surface area contributed by atoms with E-state index in [0.29, 0.717) is 22.1 Å². The second-order valence-corrected chi connectivity index (χ2v) is 5.05. The molecule has 102 valence electrons. The van der Waals surface area contributed by atoms with Gasteiger partial charge in [0, 0.05) is 25.5 Å². The lowest BCUT2D eigenvalue weighted by atomic mass is 10.4. The zero-order valence-electron chi connectivity index (χ0n) is 10.6. The third kappa shape index (κ3) is 2.25. The Hall–Kier alpha value is -2.35. The van der Waals surface area contributed by atoms with Crippen molar-refractivity contribution in [2.75, 3.05) is 5.75 Å². The van der Waals surface area contributed by atoms with Crippen LogP contribution in [0.3, 0.4) is 0 Å². The van der Waals surface area contributed by atoms with Crippen LogP contribution in [-0.2, 0) is 11.8 Å². The molecule has 0 spiro atoms. The first kappa shape index (κ1) is 12.7. The number of rotatable bonds is 4. The van der Waals surface area contributed by atoms with Crippen LogP contribution in [0.15, 0.2) is 35.7 Å². The highest BCUT2D eigenvalue weighted by Crippen LogP contribution is 2.25. The summed E-state index contributed by atoms with van der Waals surface area (Å²) in [7, 11) is 1.82. The van der Waals surface area contributed by atoms with E-state index in [2.05, 4.69) is 15.1 Å². The monoisotopic (exact) mass is 289 g/mol. The van der Waals surface area contributed by atoms with Crippen molar-refractivity contribution in [2.24, 2.45) is 7.05 Å². The number of aliphatic carboxylic acids is 1. The van der Waals surface area contributed by atoms with E-state index in [1.165, 1.54) is 0 Å². The molecular formula is C12H11N5O2S. The predicted molar refractivity (Wildman–Crippen MR) is 74.0 cm³/mol. The van der Waals surface area contributed by atoms with E-state index in [1.807, 2.05) is 25.4 Å². The number of aromatic nitrogens is 5. The van der Waals surface area contributed by atoms with E-state index in [0.717, 1.165) is 11.8 Å². The second-order valence-electron chi connectivity index (χ2n) is 4.11. The summed E-state index contributed by atoms with van der Waals surface area (Å²) < 4.78 is 3.44. The molecule has 0 unspecified atom stereocenters. The SMILES string of the molecule is Cn1ccc(-n2c(SCC(=O)O)nc3cccnc32)n1. The van der Waals surface area contributed by atoms with Gasteiger partial charge in [0.25, 0.3) is 0 Å². The molecule has 0 aliphatic heterocycles. The number of aryl methyl sites for hydroxylation is 1. The minimum atomic E-state index is -0.886. The number of thioether (sulfide) groups is 1. The van der Waals surface area contributed by atoms with Crippen LogP contribution in [-0.4, -0.2) is 41.1 Å². The number of fused-ring (bicyclic) bond motifs is 1. The van der Waals surface area contributed by atoms with Gasteiger partial charge < -0.3 is 5.11 Å². The van der Waals surface area contributed by atoms with E-state index < -0.39 is 5.97 Å². The summed E-state index contributed by atoms with van der Waals surface area (Å²) in [5, 5.41) is 13.7. The second kappa shape index (κ2) is 4.97. The van der Waals surface area contributed by atoms with Gasteiger partial charge in [0.05, 0.1) is 5.75 Å². The Morgan fingerprint density at radius 1 is 1.45 bits per heavy atom. The molecule has 3 aromatic rings. The minimum Gasteiger partial charge on any atom is -0.481 e. The zero-order valence-corrected chi connectivity index (χ0v) is 11.4. The standard InChI is InChI=1S/C12H11N5O2S/c1-16-6-4-9(15-16)17-11-8(3-2-5-13-11)14-12(17)20-7-10(18)19/h2-6H,7H2,1H3,(H,18,19). The fourth-order valence-electron chi connectivity index (χ4n) is 1.84. The lowest BCUT2D eigenvalue weighted by molar-refractivity contribution is -0.133. The number of hydrogen-bond donors (Lipinski definition) is 1. The first-order valence-electron chi connectivity index (χ1n) is 5.83. The number of carboxylic acids is 1. The van der Waals surface area contributed by atoms with Crippen LogP contribution >= 0.6 is 11.8 Å². The van der Waals surface area contributed by atoms with Crippen LogP contribution in [0.2, 0.25) is 0 Å². The molecular weight excluding hydrogens is 278 g/mol. The fourth-order valence-corrected chi connectivity index (χ4v) is 2.57. The summed E-state index contributed by atoms with van der Waals surface area (Å²) in [6, 6.07) is 5.47. The molecule has 1 N–H and O–H groups in total. The lowest BCUT2D eigenvalue weighted by Crippen LogP contribution is -2.03. The van der Waals surface area contributed by atoms with Crippen LogP contribution in [0.25, 0.3) is 17.0 Å². The van der Waals surface area contributed by atoms with Crippen LogP contribution in [0.1, 0.15) is 0 Å². The molecule has 0 fully saturated rings. The van der Waals surface area contributed by atoms with Crippen molar-refractivity contribution in [1.29, 1.82) is 0 Å². The van der Waals surface area contributed by atoms with Crippen molar-refractivity contribution < 1.29 is 9.90 Å². The van der Waals surface area contributed by atoms with E-state index in [4.69, 9.17) is 5.11 Å². The molecule has 0 aliphatic rings. The molecule has 0 aromatic carbocycles. The quantitative estimate of drug-likeness (QED) is 0.729. The topological polar surface area (TPSA) is 85.8 Å². The number of carbonyl (C=O) groups is 1. The van der Waals surface area contributed by atoms with Crippen molar-refractivity contribution in [3.63, 3.8) is 0 Å². The van der Waals surface area contributed by atoms with E-state index >= 15 is 0 Å². The Morgan fingerprint density at radius 3 is 3.00 bits per heavy atom. The van der Waals surface area contributed by atoms with Gasteiger partial charge in [-0.3, -0.25) is 14.0 Å². The van der Waals surface area contributed by atoms with E-state index in [-0.39, 0.29) is 5.75 Å². The maximum Gasteiger partial charge on any atom is 0.313 e. The maximum atomic E-state index is 10.7.